The molecule has 0 saturated carbocycles. The Morgan fingerprint density at radius 1 is 1.08 bits per heavy atom. The number of carboxylic acid groups (broad SMARTS) is 1. The molecule has 0 fully saturated rings. The van der Waals surface area contributed by atoms with Crippen LogP contribution in [0.1, 0.15) is 30.5 Å². The van der Waals surface area contributed by atoms with Crippen LogP contribution >= 0.6 is 0 Å². The van der Waals surface area contributed by atoms with Crippen molar-refractivity contribution in [3.63, 3.8) is 0 Å². The molecule has 0 aliphatic heterocycles. The number of benzene rings is 2. The van der Waals surface area contributed by atoms with Crippen molar-refractivity contribution >= 4 is 11.9 Å². The molecule has 0 aliphatic rings. The third-order valence-electron chi connectivity index (χ3n) is 3.60. The van der Waals surface area contributed by atoms with Gasteiger partial charge in [0.25, 0.3) is 5.91 Å². The van der Waals surface area contributed by atoms with E-state index in [1.54, 1.807) is 31.2 Å². The third kappa shape index (κ3) is 5.12. The van der Waals surface area contributed by atoms with E-state index in [-0.39, 0.29) is 12.3 Å². The molecule has 5 nitrogen and oxygen atoms in total. The summed E-state index contributed by atoms with van der Waals surface area (Å²) in [5.74, 6) is -0.736. The van der Waals surface area contributed by atoms with E-state index in [0.29, 0.717) is 5.75 Å². The van der Waals surface area contributed by atoms with E-state index in [0.717, 1.165) is 11.1 Å². The molecule has 0 bridgehead atoms. The van der Waals surface area contributed by atoms with Crippen LogP contribution in [0.4, 0.5) is 0 Å². The molecule has 126 valence electrons. The van der Waals surface area contributed by atoms with Crippen molar-refractivity contribution in [3.05, 3.63) is 65.7 Å². The standard InChI is InChI=1S/C19H21NO4/c1-13-8-10-16(11-9-13)24-14(2)19(23)20-17(12-18(21)22)15-6-4-3-5-7-15/h3-11,14,17H,12H2,1-2H3,(H,20,23)(H,21,22). The molecular formula is C19H21NO4. The summed E-state index contributed by atoms with van der Waals surface area (Å²) in [6.07, 6.45) is -0.916. The highest BCUT2D eigenvalue weighted by Gasteiger charge is 2.22. The molecule has 2 rings (SSSR count). The normalized spacial score (nSPS) is 12.9. The number of carbonyl (C=O) groups is 2. The Bertz CT molecular complexity index is 682. The largest absolute Gasteiger partial charge is 0.481 e. The summed E-state index contributed by atoms with van der Waals surface area (Å²) < 4.78 is 5.61. The maximum Gasteiger partial charge on any atom is 0.305 e. The smallest absolute Gasteiger partial charge is 0.305 e. The van der Waals surface area contributed by atoms with Gasteiger partial charge in [-0.3, -0.25) is 9.59 Å². The molecular weight excluding hydrogens is 306 g/mol. The van der Waals surface area contributed by atoms with Gasteiger partial charge in [-0.25, -0.2) is 0 Å². The van der Waals surface area contributed by atoms with Crippen molar-refractivity contribution in [1.29, 1.82) is 0 Å². The first kappa shape index (κ1) is 17.5. The van der Waals surface area contributed by atoms with Gasteiger partial charge in [-0.2, -0.15) is 0 Å². The maximum atomic E-state index is 12.4. The zero-order valence-electron chi connectivity index (χ0n) is 13.7. The number of ether oxygens (including phenoxy) is 1. The average Bonchev–Trinajstić information content (AvgIpc) is 2.56. The van der Waals surface area contributed by atoms with E-state index >= 15 is 0 Å². The van der Waals surface area contributed by atoms with Crippen LogP contribution < -0.4 is 10.1 Å². The van der Waals surface area contributed by atoms with Gasteiger partial charge < -0.3 is 15.2 Å². The first-order valence-electron chi connectivity index (χ1n) is 7.76. The van der Waals surface area contributed by atoms with Gasteiger partial charge in [0.2, 0.25) is 0 Å². The zero-order valence-corrected chi connectivity index (χ0v) is 13.7. The van der Waals surface area contributed by atoms with E-state index in [1.807, 2.05) is 37.3 Å². The monoisotopic (exact) mass is 327 g/mol. The lowest BCUT2D eigenvalue weighted by Crippen LogP contribution is -2.39. The maximum absolute atomic E-state index is 12.4. The number of amides is 1. The van der Waals surface area contributed by atoms with Crippen LogP contribution in [0.3, 0.4) is 0 Å². The van der Waals surface area contributed by atoms with E-state index in [1.165, 1.54) is 0 Å². The lowest BCUT2D eigenvalue weighted by Gasteiger charge is -2.21. The number of nitrogens with one attached hydrogen (secondary N) is 1. The molecule has 2 aromatic carbocycles. The SMILES string of the molecule is Cc1ccc(OC(C)C(=O)NC(CC(=O)O)c2ccccc2)cc1. The lowest BCUT2D eigenvalue weighted by atomic mass is 10.0. The minimum absolute atomic E-state index is 0.187. The highest BCUT2D eigenvalue weighted by Crippen LogP contribution is 2.18. The van der Waals surface area contributed by atoms with Crippen molar-refractivity contribution in [1.82, 2.24) is 5.32 Å². The molecule has 0 radical (unpaired) electrons. The van der Waals surface area contributed by atoms with Crippen molar-refractivity contribution in [2.75, 3.05) is 0 Å². The summed E-state index contributed by atoms with van der Waals surface area (Å²) in [7, 11) is 0. The first-order chi connectivity index (χ1) is 11.5. The number of aliphatic carboxylic acids is 1. The highest BCUT2D eigenvalue weighted by molar-refractivity contribution is 5.82. The topological polar surface area (TPSA) is 75.6 Å². The van der Waals surface area contributed by atoms with Crippen LogP contribution in [0.25, 0.3) is 0 Å². The first-order valence-corrected chi connectivity index (χ1v) is 7.76. The molecule has 2 N–H and O–H groups in total. The van der Waals surface area contributed by atoms with E-state index in [9.17, 15) is 9.59 Å². The second-order valence-electron chi connectivity index (χ2n) is 5.64. The van der Waals surface area contributed by atoms with Gasteiger partial charge in [0.05, 0.1) is 12.5 Å². The van der Waals surface area contributed by atoms with Gasteiger partial charge in [0, 0.05) is 0 Å². The van der Waals surface area contributed by atoms with Gasteiger partial charge >= 0.3 is 5.97 Å². The fraction of sp³-hybridized carbons (Fsp3) is 0.263. The summed E-state index contributed by atoms with van der Waals surface area (Å²) in [4.78, 5) is 23.4. The Labute approximate surface area is 141 Å². The summed E-state index contributed by atoms with van der Waals surface area (Å²) in [6, 6.07) is 15.8. The number of hydrogen-bond donors (Lipinski definition) is 2. The molecule has 24 heavy (non-hydrogen) atoms. The molecule has 0 heterocycles. The van der Waals surface area contributed by atoms with Crippen molar-refractivity contribution < 1.29 is 19.4 Å². The number of rotatable bonds is 7. The summed E-state index contributed by atoms with van der Waals surface area (Å²) in [5, 5.41) is 11.8. The predicted octanol–water partition coefficient (Wildman–Crippen LogP) is 3.09. The number of carboxylic acids is 1. The number of carbonyl (C=O) groups excluding carboxylic acids is 1. The van der Waals surface area contributed by atoms with Crippen LogP contribution in [-0.4, -0.2) is 23.1 Å². The van der Waals surface area contributed by atoms with Gasteiger partial charge in [-0.1, -0.05) is 48.0 Å². The Morgan fingerprint density at radius 3 is 2.29 bits per heavy atom. The predicted molar refractivity (Wildman–Crippen MR) is 90.8 cm³/mol. The highest BCUT2D eigenvalue weighted by atomic mass is 16.5. The van der Waals surface area contributed by atoms with E-state index in [2.05, 4.69) is 5.32 Å². The molecule has 2 unspecified atom stereocenters. The molecule has 0 spiro atoms. The van der Waals surface area contributed by atoms with Crippen LogP contribution in [0.5, 0.6) is 5.75 Å². The second-order valence-corrected chi connectivity index (χ2v) is 5.64. The summed E-state index contributed by atoms with van der Waals surface area (Å²) >= 11 is 0. The van der Waals surface area contributed by atoms with Crippen molar-refractivity contribution in [2.45, 2.75) is 32.4 Å². The third-order valence-corrected chi connectivity index (χ3v) is 3.60. The second kappa shape index (κ2) is 8.15. The van der Waals surface area contributed by atoms with Crippen LogP contribution in [-0.2, 0) is 9.59 Å². The van der Waals surface area contributed by atoms with Crippen LogP contribution in [0.2, 0.25) is 0 Å². The lowest BCUT2D eigenvalue weighted by molar-refractivity contribution is -0.138. The Hall–Kier alpha value is -2.82. The fourth-order valence-corrected chi connectivity index (χ4v) is 2.28. The number of hydrogen-bond acceptors (Lipinski definition) is 3. The Morgan fingerprint density at radius 2 is 1.71 bits per heavy atom. The molecule has 0 aromatic heterocycles. The van der Waals surface area contributed by atoms with Gasteiger partial charge in [-0.15, -0.1) is 0 Å². The Balaban J connectivity index is 2.03. The minimum atomic E-state index is -0.976. The van der Waals surface area contributed by atoms with Crippen LogP contribution in [0, 0.1) is 6.92 Å². The Kier molecular flexibility index (Phi) is 5.95. The van der Waals surface area contributed by atoms with Crippen LogP contribution in [0.15, 0.2) is 54.6 Å². The van der Waals surface area contributed by atoms with Gasteiger partial charge in [0.1, 0.15) is 5.75 Å². The molecule has 0 saturated heterocycles. The molecule has 2 aromatic rings. The van der Waals surface area contributed by atoms with Crippen molar-refractivity contribution in [2.24, 2.45) is 0 Å². The van der Waals surface area contributed by atoms with Crippen molar-refractivity contribution in [3.8, 4) is 5.75 Å². The molecule has 0 aliphatic carbocycles. The summed E-state index contributed by atoms with van der Waals surface area (Å²) in [5.41, 5.74) is 1.85. The quantitative estimate of drug-likeness (QED) is 0.819. The van der Waals surface area contributed by atoms with E-state index < -0.39 is 18.1 Å². The van der Waals surface area contributed by atoms with Gasteiger partial charge in [-0.05, 0) is 31.5 Å². The summed E-state index contributed by atoms with van der Waals surface area (Å²) in [6.45, 7) is 3.61. The fourth-order valence-electron chi connectivity index (χ4n) is 2.28. The molecule has 2 atom stereocenters. The minimum Gasteiger partial charge on any atom is -0.481 e. The number of aryl methyl sites for hydroxylation is 1. The molecule has 5 heteroatoms. The molecule has 1 amide bonds. The van der Waals surface area contributed by atoms with Gasteiger partial charge in [0.15, 0.2) is 6.10 Å². The average molecular weight is 327 g/mol. The van der Waals surface area contributed by atoms with E-state index in [4.69, 9.17) is 9.84 Å². The zero-order chi connectivity index (χ0) is 17.5.